The Hall–Kier alpha value is -2.80. The number of rotatable bonds is 6. The van der Waals surface area contributed by atoms with Gasteiger partial charge in [0.05, 0.1) is 18.3 Å². The molecule has 3 atom stereocenters. The van der Waals surface area contributed by atoms with Gasteiger partial charge in [0.25, 0.3) is 0 Å². The zero-order chi connectivity index (χ0) is 26.9. The van der Waals surface area contributed by atoms with Crippen LogP contribution in [0.15, 0.2) is 72.0 Å². The molecule has 1 N–H and O–H groups in total. The molecule has 1 aliphatic rings. The van der Waals surface area contributed by atoms with Crippen LogP contribution in [0.25, 0.3) is 0 Å². The zero-order valence-electron chi connectivity index (χ0n) is 20.6. The number of aliphatic hydroxyl groups excluding tert-OH is 1. The summed E-state index contributed by atoms with van der Waals surface area (Å²) in [5.74, 6) is 5.29. The maximum Gasteiger partial charge on any atom is 0.534 e. The van der Waals surface area contributed by atoms with Crippen molar-refractivity contribution in [1.29, 1.82) is 0 Å². The van der Waals surface area contributed by atoms with Crippen LogP contribution in [0.1, 0.15) is 63.9 Å². The molecule has 1 heterocycles. The van der Waals surface area contributed by atoms with Gasteiger partial charge in [0.15, 0.2) is 0 Å². The molecule has 196 valence electrons. The molecule has 36 heavy (non-hydrogen) atoms. The lowest BCUT2D eigenvalue weighted by molar-refractivity contribution is -0.0523. The summed E-state index contributed by atoms with van der Waals surface area (Å²) in [5.41, 5.74) is -3.21. The molecule has 2 aromatic carbocycles. The van der Waals surface area contributed by atoms with Crippen LogP contribution < -0.4 is 0 Å². The van der Waals surface area contributed by atoms with Gasteiger partial charge in [-0.2, -0.15) is 21.6 Å². The van der Waals surface area contributed by atoms with E-state index in [1.807, 2.05) is 74.5 Å². The van der Waals surface area contributed by atoms with Crippen molar-refractivity contribution in [2.24, 2.45) is 5.92 Å². The van der Waals surface area contributed by atoms with Crippen LogP contribution >= 0.6 is 0 Å². The van der Waals surface area contributed by atoms with Crippen molar-refractivity contribution in [3.8, 4) is 11.8 Å². The fourth-order valence-corrected chi connectivity index (χ4v) is 4.18. The largest absolute Gasteiger partial charge is 0.534 e. The molecule has 0 saturated carbocycles. The Morgan fingerprint density at radius 1 is 1.11 bits per heavy atom. The van der Waals surface area contributed by atoms with Gasteiger partial charge < -0.3 is 14.0 Å². The van der Waals surface area contributed by atoms with E-state index in [2.05, 4.69) is 16.0 Å². The summed E-state index contributed by atoms with van der Waals surface area (Å²) in [4.78, 5) is 0. The summed E-state index contributed by atoms with van der Waals surface area (Å²) in [6.07, 6.45) is -0.495. The number of hydrogen-bond donors (Lipinski definition) is 1. The molecule has 0 spiro atoms. The molecule has 3 rings (SSSR count). The maximum atomic E-state index is 12.5. The fourth-order valence-electron chi connectivity index (χ4n) is 3.65. The Morgan fingerprint density at radius 2 is 1.67 bits per heavy atom. The van der Waals surface area contributed by atoms with Gasteiger partial charge in [-0.1, -0.05) is 74.5 Å². The van der Waals surface area contributed by atoms with Gasteiger partial charge in [0.1, 0.15) is 5.76 Å². The van der Waals surface area contributed by atoms with Crippen LogP contribution in [0.4, 0.5) is 13.2 Å². The third kappa shape index (κ3) is 8.12. The molecule has 0 aliphatic carbocycles. The first-order valence-corrected chi connectivity index (χ1v) is 12.8. The minimum Gasteiger partial charge on any atom is -0.387 e. The van der Waals surface area contributed by atoms with Crippen LogP contribution in [0.3, 0.4) is 0 Å². The second-order valence-electron chi connectivity index (χ2n) is 8.53. The van der Waals surface area contributed by atoms with E-state index in [1.165, 1.54) is 6.92 Å². The summed E-state index contributed by atoms with van der Waals surface area (Å²) >= 11 is 0. The predicted molar refractivity (Wildman–Crippen MR) is 132 cm³/mol. The topological polar surface area (TPSA) is 72.8 Å². The molecule has 0 radical (unpaired) electrons. The number of hydrogen-bond acceptors (Lipinski definition) is 5. The molecule has 0 amide bonds. The first kappa shape index (κ1) is 29.4. The lowest BCUT2D eigenvalue weighted by Gasteiger charge is -2.19. The Bertz CT molecular complexity index is 1160. The van der Waals surface area contributed by atoms with Gasteiger partial charge in [-0.05, 0) is 30.9 Å². The van der Waals surface area contributed by atoms with E-state index in [1.54, 1.807) is 6.92 Å². The molecule has 5 nitrogen and oxygen atoms in total. The minimum atomic E-state index is -5.68. The van der Waals surface area contributed by atoms with Gasteiger partial charge in [-0.3, -0.25) is 0 Å². The molecule has 1 fully saturated rings. The zero-order valence-corrected chi connectivity index (χ0v) is 21.4. The van der Waals surface area contributed by atoms with Crippen LogP contribution in [-0.2, 0) is 19.0 Å². The number of alkyl halides is 3. The molecule has 1 unspecified atom stereocenters. The highest BCUT2D eigenvalue weighted by Crippen LogP contribution is 2.42. The van der Waals surface area contributed by atoms with Crippen molar-refractivity contribution in [2.45, 2.75) is 64.4 Å². The molecule has 0 aromatic heterocycles. The number of benzene rings is 2. The molecular formula is C27H31F3O5S. The highest BCUT2D eigenvalue weighted by atomic mass is 32.2. The maximum absolute atomic E-state index is 12.5. The van der Waals surface area contributed by atoms with E-state index in [0.717, 1.165) is 11.1 Å². The first-order chi connectivity index (χ1) is 16.9. The average molecular weight is 525 g/mol. The van der Waals surface area contributed by atoms with E-state index in [0.29, 0.717) is 12.0 Å². The van der Waals surface area contributed by atoms with E-state index in [9.17, 15) is 26.7 Å². The fraction of sp³-hybridized carbons (Fsp3) is 0.407. The molecule has 9 heteroatoms. The third-order valence-electron chi connectivity index (χ3n) is 5.46. The highest BCUT2D eigenvalue weighted by molar-refractivity contribution is 7.87. The molecule has 1 saturated heterocycles. The van der Waals surface area contributed by atoms with Crippen molar-refractivity contribution in [2.75, 3.05) is 0 Å². The Kier molecular flexibility index (Phi) is 10.6. The number of halogens is 3. The minimum absolute atomic E-state index is 0.0409. The van der Waals surface area contributed by atoms with Crippen LogP contribution in [-0.4, -0.2) is 25.1 Å². The van der Waals surface area contributed by atoms with Gasteiger partial charge in [-0.25, -0.2) is 0 Å². The monoisotopic (exact) mass is 524 g/mol. The van der Waals surface area contributed by atoms with Gasteiger partial charge in [0.2, 0.25) is 0 Å². The number of ether oxygens (including phenoxy) is 1. The number of allylic oxidation sites excluding steroid dienone is 1. The summed E-state index contributed by atoms with van der Waals surface area (Å²) in [6, 6.07) is 18.8. The lowest BCUT2D eigenvalue weighted by atomic mass is 9.96. The second-order valence-corrected chi connectivity index (χ2v) is 10.1. The molecule has 0 bridgehead atoms. The quantitative estimate of drug-likeness (QED) is 0.204. The molecule has 2 aromatic rings. The summed E-state index contributed by atoms with van der Waals surface area (Å²) in [7, 11) is -5.68. The van der Waals surface area contributed by atoms with E-state index >= 15 is 0 Å². The summed E-state index contributed by atoms with van der Waals surface area (Å²) in [6.45, 7) is 6.70. The third-order valence-corrected chi connectivity index (χ3v) is 6.50. The first-order valence-electron chi connectivity index (χ1n) is 11.4. The van der Waals surface area contributed by atoms with Crippen molar-refractivity contribution in [1.82, 2.24) is 0 Å². The molecular weight excluding hydrogens is 493 g/mol. The second kappa shape index (κ2) is 12.9. The Morgan fingerprint density at radius 3 is 2.17 bits per heavy atom. The Balaban J connectivity index is 0.000000319. The molecule has 1 aliphatic heterocycles. The SMILES string of the molecule is C/C(OS(=O)(=O)C(F)(F)F)=C1/C[C@@H](c2ccccc2)O[C@H]1C(C)C.CC#CCC(O)c1ccccc1. The van der Waals surface area contributed by atoms with Crippen molar-refractivity contribution in [3.05, 3.63) is 83.1 Å². The van der Waals surface area contributed by atoms with Gasteiger partial charge >= 0.3 is 15.6 Å². The lowest BCUT2D eigenvalue weighted by Crippen LogP contribution is -2.26. The normalized spacial score (nSPS) is 20.0. The van der Waals surface area contributed by atoms with Gasteiger partial charge in [-0.15, -0.1) is 11.8 Å². The average Bonchev–Trinajstić information content (AvgIpc) is 3.29. The predicted octanol–water partition coefficient (Wildman–Crippen LogP) is 6.45. The van der Waals surface area contributed by atoms with E-state index in [-0.39, 0.29) is 24.2 Å². The smallest absolute Gasteiger partial charge is 0.387 e. The van der Waals surface area contributed by atoms with E-state index < -0.39 is 27.8 Å². The van der Waals surface area contributed by atoms with Crippen LogP contribution in [0.5, 0.6) is 0 Å². The highest BCUT2D eigenvalue weighted by Gasteiger charge is 2.49. The van der Waals surface area contributed by atoms with Crippen molar-refractivity contribution in [3.63, 3.8) is 0 Å². The summed E-state index contributed by atoms with van der Waals surface area (Å²) in [5, 5.41) is 9.55. The van der Waals surface area contributed by atoms with Crippen LogP contribution in [0, 0.1) is 17.8 Å². The summed E-state index contributed by atoms with van der Waals surface area (Å²) < 4.78 is 70.2. The standard InChI is InChI=1S/C16H19F3O4S.C11H12O/c1-10(2)15-13(11(3)23-24(20,21)16(17,18)19)9-14(22-15)12-7-5-4-6-8-12;1-2-3-9-11(12)10-7-5-4-6-8-10/h4-8,10,14-15H,9H2,1-3H3;4-8,11-12H,9H2,1H3/b13-11+;/t14-,15-;/m0./s1. The van der Waals surface area contributed by atoms with Gasteiger partial charge in [0, 0.05) is 18.4 Å². The van der Waals surface area contributed by atoms with Crippen molar-refractivity contribution >= 4 is 10.1 Å². The van der Waals surface area contributed by atoms with E-state index in [4.69, 9.17) is 4.74 Å². The Labute approximate surface area is 211 Å². The van der Waals surface area contributed by atoms with Crippen LogP contribution in [0.2, 0.25) is 0 Å². The van der Waals surface area contributed by atoms with Crippen molar-refractivity contribution < 1.29 is 35.6 Å². The number of aliphatic hydroxyl groups is 1.